The SMILES string of the molecule is CC(=NNc1nc(-c2ccc(F)c(C)c2)cs1)c1ccccc1O. The number of phenols is 1. The van der Waals surface area contributed by atoms with E-state index >= 15 is 0 Å². The predicted octanol–water partition coefficient (Wildman–Crippen LogP) is 4.80. The number of nitrogens with zero attached hydrogens (tertiary/aromatic N) is 2. The van der Waals surface area contributed by atoms with Crippen molar-refractivity contribution in [1.29, 1.82) is 0 Å². The molecule has 0 aliphatic carbocycles. The van der Waals surface area contributed by atoms with Gasteiger partial charge in [-0.15, -0.1) is 11.3 Å². The van der Waals surface area contributed by atoms with Crippen molar-refractivity contribution < 1.29 is 9.50 Å². The summed E-state index contributed by atoms with van der Waals surface area (Å²) in [5.74, 6) is -0.0441. The molecule has 0 spiro atoms. The second kappa shape index (κ2) is 6.80. The van der Waals surface area contributed by atoms with E-state index in [1.54, 1.807) is 44.2 Å². The van der Waals surface area contributed by atoms with Crippen LogP contribution in [-0.4, -0.2) is 15.8 Å². The van der Waals surface area contributed by atoms with Gasteiger partial charge in [-0.1, -0.05) is 12.1 Å². The van der Waals surface area contributed by atoms with Gasteiger partial charge in [0.2, 0.25) is 5.13 Å². The van der Waals surface area contributed by atoms with Crippen molar-refractivity contribution in [3.8, 4) is 17.0 Å². The molecule has 0 aliphatic heterocycles. The molecule has 2 N–H and O–H groups in total. The Kier molecular flexibility index (Phi) is 4.57. The summed E-state index contributed by atoms with van der Waals surface area (Å²) in [5.41, 5.74) is 6.43. The molecular formula is C18H16FN3OS. The lowest BCUT2D eigenvalue weighted by Gasteiger charge is -2.03. The molecule has 1 heterocycles. The van der Waals surface area contributed by atoms with Crippen LogP contribution in [0.5, 0.6) is 5.75 Å². The van der Waals surface area contributed by atoms with E-state index in [1.165, 1.54) is 17.4 Å². The van der Waals surface area contributed by atoms with E-state index in [9.17, 15) is 9.50 Å². The molecule has 3 aromatic rings. The number of phenolic OH excluding ortho intramolecular Hbond substituents is 1. The highest BCUT2D eigenvalue weighted by Gasteiger charge is 2.07. The summed E-state index contributed by atoms with van der Waals surface area (Å²) in [6.45, 7) is 3.53. The van der Waals surface area contributed by atoms with Crippen LogP contribution in [0.2, 0.25) is 0 Å². The van der Waals surface area contributed by atoms with E-state index in [2.05, 4.69) is 15.5 Å². The lowest BCUT2D eigenvalue weighted by atomic mass is 10.1. The Morgan fingerprint density at radius 2 is 2.04 bits per heavy atom. The van der Waals surface area contributed by atoms with Gasteiger partial charge in [-0.3, -0.25) is 5.43 Å². The molecular weight excluding hydrogens is 325 g/mol. The average Bonchev–Trinajstić information content (AvgIpc) is 3.04. The number of halogens is 1. The molecule has 0 bridgehead atoms. The molecule has 0 atom stereocenters. The van der Waals surface area contributed by atoms with Crippen LogP contribution in [0, 0.1) is 12.7 Å². The van der Waals surface area contributed by atoms with E-state index in [1.807, 2.05) is 11.4 Å². The average molecular weight is 341 g/mol. The van der Waals surface area contributed by atoms with Crippen molar-refractivity contribution in [2.24, 2.45) is 5.10 Å². The molecule has 6 heteroatoms. The number of rotatable bonds is 4. The molecule has 3 rings (SSSR count). The maximum atomic E-state index is 13.4. The quantitative estimate of drug-likeness (QED) is 0.529. The third kappa shape index (κ3) is 3.44. The first kappa shape index (κ1) is 16.1. The van der Waals surface area contributed by atoms with Gasteiger partial charge in [0.05, 0.1) is 11.4 Å². The van der Waals surface area contributed by atoms with Crippen LogP contribution < -0.4 is 5.43 Å². The van der Waals surface area contributed by atoms with Gasteiger partial charge in [-0.05, 0) is 49.7 Å². The van der Waals surface area contributed by atoms with Gasteiger partial charge in [0.15, 0.2) is 0 Å². The first-order valence-electron chi connectivity index (χ1n) is 7.35. The molecule has 2 aromatic carbocycles. The summed E-state index contributed by atoms with van der Waals surface area (Å²) in [5, 5.41) is 16.6. The van der Waals surface area contributed by atoms with Crippen molar-refractivity contribution in [3.63, 3.8) is 0 Å². The summed E-state index contributed by atoms with van der Waals surface area (Å²) < 4.78 is 13.4. The van der Waals surface area contributed by atoms with Crippen molar-refractivity contribution in [1.82, 2.24) is 4.98 Å². The number of aromatic hydroxyl groups is 1. The fourth-order valence-electron chi connectivity index (χ4n) is 2.23. The zero-order chi connectivity index (χ0) is 17.1. The monoisotopic (exact) mass is 341 g/mol. The molecule has 0 saturated carbocycles. The van der Waals surface area contributed by atoms with Crippen LogP contribution in [0.3, 0.4) is 0 Å². The number of nitrogens with one attached hydrogen (secondary N) is 1. The first-order valence-corrected chi connectivity index (χ1v) is 8.23. The standard InChI is InChI=1S/C18H16FN3OS/c1-11-9-13(7-8-15(11)19)16-10-24-18(20-16)22-21-12(2)14-5-3-4-6-17(14)23/h3-10,23H,1-2H3,(H,20,22). The highest BCUT2D eigenvalue weighted by atomic mass is 32.1. The Morgan fingerprint density at radius 3 is 2.79 bits per heavy atom. The van der Waals surface area contributed by atoms with Crippen molar-refractivity contribution in [2.45, 2.75) is 13.8 Å². The smallest absolute Gasteiger partial charge is 0.203 e. The van der Waals surface area contributed by atoms with Crippen molar-refractivity contribution >= 4 is 22.2 Å². The summed E-state index contributed by atoms with van der Waals surface area (Å²) in [7, 11) is 0. The maximum Gasteiger partial charge on any atom is 0.203 e. The maximum absolute atomic E-state index is 13.4. The number of benzene rings is 2. The fraction of sp³-hybridized carbons (Fsp3) is 0.111. The van der Waals surface area contributed by atoms with Crippen LogP contribution in [0.4, 0.5) is 9.52 Å². The van der Waals surface area contributed by atoms with Crippen molar-refractivity contribution in [2.75, 3.05) is 5.43 Å². The Labute approximate surface area is 143 Å². The van der Waals surface area contributed by atoms with E-state index in [0.29, 0.717) is 22.0 Å². The highest BCUT2D eigenvalue weighted by Crippen LogP contribution is 2.26. The Hall–Kier alpha value is -2.73. The lowest BCUT2D eigenvalue weighted by molar-refractivity contribution is 0.474. The number of aryl methyl sites for hydroxylation is 1. The third-order valence-electron chi connectivity index (χ3n) is 3.57. The topological polar surface area (TPSA) is 57.5 Å². The fourth-order valence-corrected chi connectivity index (χ4v) is 2.89. The van der Waals surface area contributed by atoms with Crippen LogP contribution in [0.1, 0.15) is 18.1 Å². The molecule has 0 fully saturated rings. The lowest BCUT2D eigenvalue weighted by Crippen LogP contribution is -1.99. The zero-order valence-corrected chi connectivity index (χ0v) is 14.1. The summed E-state index contributed by atoms with van der Waals surface area (Å²) in [4.78, 5) is 4.45. The van der Waals surface area contributed by atoms with Gasteiger partial charge in [-0.2, -0.15) is 5.10 Å². The van der Waals surface area contributed by atoms with E-state index in [-0.39, 0.29) is 11.6 Å². The van der Waals surface area contributed by atoms with E-state index < -0.39 is 0 Å². The molecule has 122 valence electrons. The van der Waals surface area contributed by atoms with Crippen LogP contribution >= 0.6 is 11.3 Å². The molecule has 0 radical (unpaired) electrons. The minimum atomic E-state index is -0.227. The number of hydrogen-bond donors (Lipinski definition) is 2. The van der Waals surface area contributed by atoms with Gasteiger partial charge in [0.1, 0.15) is 11.6 Å². The Morgan fingerprint density at radius 1 is 1.25 bits per heavy atom. The normalized spacial score (nSPS) is 11.5. The number of hydrazone groups is 1. The van der Waals surface area contributed by atoms with Crippen LogP contribution in [-0.2, 0) is 0 Å². The second-order valence-corrected chi connectivity index (χ2v) is 6.19. The van der Waals surface area contributed by atoms with Gasteiger partial charge >= 0.3 is 0 Å². The minimum Gasteiger partial charge on any atom is -0.507 e. The van der Waals surface area contributed by atoms with Gasteiger partial charge in [-0.25, -0.2) is 9.37 Å². The highest BCUT2D eigenvalue weighted by molar-refractivity contribution is 7.14. The number of thiazole rings is 1. The third-order valence-corrected chi connectivity index (χ3v) is 4.32. The van der Waals surface area contributed by atoms with E-state index in [0.717, 1.165) is 11.3 Å². The minimum absolute atomic E-state index is 0.183. The molecule has 0 aliphatic rings. The molecule has 0 unspecified atom stereocenters. The summed E-state index contributed by atoms with van der Waals surface area (Å²) in [6, 6.07) is 11.9. The second-order valence-electron chi connectivity index (χ2n) is 5.33. The molecule has 4 nitrogen and oxygen atoms in total. The van der Waals surface area contributed by atoms with Crippen LogP contribution in [0.15, 0.2) is 52.9 Å². The molecule has 24 heavy (non-hydrogen) atoms. The first-order chi connectivity index (χ1) is 11.5. The molecule has 0 saturated heterocycles. The number of para-hydroxylation sites is 1. The summed E-state index contributed by atoms with van der Waals surface area (Å²) >= 11 is 1.41. The van der Waals surface area contributed by atoms with Gasteiger partial charge < -0.3 is 5.11 Å². The summed E-state index contributed by atoms with van der Waals surface area (Å²) in [6.07, 6.45) is 0. The number of aromatic nitrogens is 1. The van der Waals surface area contributed by atoms with Gasteiger partial charge in [0.25, 0.3) is 0 Å². The molecule has 0 amide bonds. The number of hydrogen-bond acceptors (Lipinski definition) is 5. The molecule has 1 aromatic heterocycles. The Balaban J connectivity index is 1.78. The van der Waals surface area contributed by atoms with Gasteiger partial charge in [0, 0.05) is 16.5 Å². The van der Waals surface area contributed by atoms with Crippen LogP contribution in [0.25, 0.3) is 11.3 Å². The number of anilines is 1. The predicted molar refractivity (Wildman–Crippen MR) is 96.2 cm³/mol. The zero-order valence-electron chi connectivity index (χ0n) is 13.2. The Bertz CT molecular complexity index is 905. The van der Waals surface area contributed by atoms with E-state index in [4.69, 9.17) is 0 Å². The van der Waals surface area contributed by atoms with Crippen molar-refractivity contribution in [3.05, 3.63) is 64.8 Å². The largest absolute Gasteiger partial charge is 0.507 e.